The summed E-state index contributed by atoms with van der Waals surface area (Å²) in [5.41, 5.74) is 5.13. The largest absolute Gasteiger partial charge is 0.351 e. The van der Waals surface area contributed by atoms with E-state index in [1.807, 2.05) is 36.4 Å². The van der Waals surface area contributed by atoms with Crippen molar-refractivity contribution in [1.29, 1.82) is 0 Å². The van der Waals surface area contributed by atoms with Gasteiger partial charge in [-0.2, -0.15) is 13.5 Å². The molecule has 3 aromatic carbocycles. The van der Waals surface area contributed by atoms with Crippen molar-refractivity contribution in [2.75, 3.05) is 24.5 Å². The lowest BCUT2D eigenvalue weighted by Crippen LogP contribution is -2.30. The van der Waals surface area contributed by atoms with Gasteiger partial charge in [0.1, 0.15) is 0 Å². The van der Waals surface area contributed by atoms with Crippen LogP contribution < -0.4 is 10.4 Å². The molecule has 1 aliphatic carbocycles. The Morgan fingerprint density at radius 2 is 1.50 bits per heavy atom. The van der Waals surface area contributed by atoms with E-state index < -0.39 is 21.8 Å². The molecule has 234 valence electrons. The van der Waals surface area contributed by atoms with Gasteiger partial charge in [-0.1, -0.05) is 88.6 Å². The highest BCUT2D eigenvalue weighted by Gasteiger charge is 2.24. The van der Waals surface area contributed by atoms with E-state index in [9.17, 15) is 18.0 Å². The summed E-state index contributed by atoms with van der Waals surface area (Å²) in [6.45, 7) is 6.19. The molecule has 2 N–H and O–H groups in total. The molecule has 1 fully saturated rings. The highest BCUT2D eigenvalue weighted by atomic mass is 32.2. The van der Waals surface area contributed by atoms with E-state index in [2.05, 4.69) is 38.2 Å². The van der Waals surface area contributed by atoms with E-state index in [1.165, 1.54) is 49.8 Å². The van der Waals surface area contributed by atoms with Crippen molar-refractivity contribution in [1.82, 2.24) is 5.32 Å². The molecule has 1 aliphatic rings. The number of nitrogens with one attached hydrogen (secondary N) is 1. The molecule has 1 saturated carbocycles. The molecule has 9 heteroatoms. The normalized spacial score (nSPS) is 14.7. The predicted octanol–water partition coefficient (Wildman–Crippen LogP) is 6.78. The van der Waals surface area contributed by atoms with Crippen molar-refractivity contribution >= 4 is 39.3 Å². The van der Waals surface area contributed by atoms with Crippen LogP contribution in [0.2, 0.25) is 0 Å². The SMILES string of the molecule is CON(C(=O)/C(=C\c1ccc(C(=O)NCCS(=O)(=O)O)cc1)c1ccc(C(C)(C)C)cc1)c1ccc(C2CCCCC2)cc1. The van der Waals surface area contributed by atoms with Crippen LogP contribution in [0.1, 0.15) is 91.4 Å². The summed E-state index contributed by atoms with van der Waals surface area (Å²) in [5.74, 6) is -0.832. The minimum atomic E-state index is -4.17. The van der Waals surface area contributed by atoms with Crippen LogP contribution >= 0.6 is 0 Å². The number of carbonyl (C=O) groups excluding carboxylic acids is 2. The number of hydrogen-bond donors (Lipinski definition) is 2. The molecule has 0 aromatic heterocycles. The first kappa shape index (κ1) is 33.1. The fourth-order valence-electron chi connectivity index (χ4n) is 5.44. The van der Waals surface area contributed by atoms with Crippen molar-refractivity contribution < 1.29 is 27.4 Å². The molecule has 0 atom stereocenters. The maximum absolute atomic E-state index is 14.1. The van der Waals surface area contributed by atoms with Crippen LogP contribution in [0, 0.1) is 0 Å². The average molecular weight is 619 g/mol. The van der Waals surface area contributed by atoms with Gasteiger partial charge in [-0.25, -0.2) is 0 Å². The number of hydrogen-bond acceptors (Lipinski definition) is 5. The maximum Gasteiger partial charge on any atom is 0.282 e. The second-order valence-corrected chi connectivity index (χ2v) is 13.8. The summed E-state index contributed by atoms with van der Waals surface area (Å²) >= 11 is 0. The minimum absolute atomic E-state index is 0.0528. The molecule has 0 unspecified atom stereocenters. The quantitative estimate of drug-likeness (QED) is 0.112. The van der Waals surface area contributed by atoms with Gasteiger partial charge in [0.25, 0.3) is 21.9 Å². The van der Waals surface area contributed by atoms with E-state index >= 15 is 0 Å². The number of benzene rings is 3. The van der Waals surface area contributed by atoms with Crippen molar-refractivity contribution in [2.24, 2.45) is 0 Å². The summed E-state index contributed by atoms with van der Waals surface area (Å²) in [7, 11) is -2.70. The number of nitrogens with zero attached hydrogens (tertiary/aromatic N) is 1. The smallest absolute Gasteiger partial charge is 0.282 e. The van der Waals surface area contributed by atoms with Gasteiger partial charge < -0.3 is 5.32 Å². The van der Waals surface area contributed by atoms with Crippen molar-refractivity contribution in [2.45, 2.75) is 64.2 Å². The first-order chi connectivity index (χ1) is 20.9. The zero-order valence-electron chi connectivity index (χ0n) is 25.9. The Morgan fingerprint density at radius 3 is 2.05 bits per heavy atom. The second kappa shape index (κ2) is 14.3. The summed E-state index contributed by atoms with van der Waals surface area (Å²) in [4.78, 5) is 32.2. The topological polar surface area (TPSA) is 113 Å². The van der Waals surface area contributed by atoms with Gasteiger partial charge in [0.15, 0.2) is 0 Å². The van der Waals surface area contributed by atoms with E-state index in [-0.39, 0.29) is 17.9 Å². The van der Waals surface area contributed by atoms with E-state index in [0.717, 1.165) is 11.1 Å². The first-order valence-corrected chi connectivity index (χ1v) is 16.6. The van der Waals surface area contributed by atoms with Gasteiger partial charge in [0.2, 0.25) is 0 Å². The molecule has 0 spiro atoms. The molecule has 0 radical (unpaired) electrons. The molecular formula is C35H42N2O6S. The van der Waals surface area contributed by atoms with Gasteiger partial charge in [0.05, 0.1) is 18.6 Å². The molecule has 0 bridgehead atoms. The Bertz CT molecular complexity index is 1570. The fraction of sp³-hybridized carbons (Fsp3) is 0.371. The van der Waals surface area contributed by atoms with Crippen LogP contribution in [-0.2, 0) is 25.2 Å². The minimum Gasteiger partial charge on any atom is -0.351 e. The number of hydroxylamine groups is 1. The van der Waals surface area contributed by atoms with Crippen LogP contribution in [0.5, 0.6) is 0 Å². The zero-order chi connectivity index (χ0) is 31.9. The monoisotopic (exact) mass is 618 g/mol. The van der Waals surface area contributed by atoms with Gasteiger partial charge in [-0.3, -0.25) is 19.0 Å². The third-order valence-corrected chi connectivity index (χ3v) is 8.71. The van der Waals surface area contributed by atoms with Crippen LogP contribution in [0.25, 0.3) is 11.6 Å². The predicted molar refractivity (Wildman–Crippen MR) is 175 cm³/mol. The molecule has 0 saturated heterocycles. The van der Waals surface area contributed by atoms with Crippen molar-refractivity contribution in [3.05, 3.63) is 101 Å². The lowest BCUT2D eigenvalue weighted by molar-refractivity contribution is -0.119. The third kappa shape index (κ3) is 8.87. The lowest BCUT2D eigenvalue weighted by atomic mass is 9.84. The van der Waals surface area contributed by atoms with Gasteiger partial charge >= 0.3 is 0 Å². The third-order valence-electron chi connectivity index (χ3n) is 7.99. The van der Waals surface area contributed by atoms with E-state index in [0.29, 0.717) is 28.3 Å². The van der Waals surface area contributed by atoms with E-state index in [4.69, 9.17) is 9.39 Å². The van der Waals surface area contributed by atoms with Crippen LogP contribution in [0.15, 0.2) is 72.8 Å². The number of rotatable bonds is 10. The lowest BCUT2D eigenvalue weighted by Gasteiger charge is -2.25. The first-order valence-electron chi connectivity index (χ1n) is 15.0. The molecule has 4 rings (SSSR count). The Labute approximate surface area is 260 Å². The summed E-state index contributed by atoms with van der Waals surface area (Å²) in [6.07, 6.45) is 7.92. The fourth-order valence-corrected chi connectivity index (χ4v) is 5.80. The zero-order valence-corrected chi connectivity index (χ0v) is 26.7. The highest BCUT2D eigenvalue weighted by Crippen LogP contribution is 2.34. The van der Waals surface area contributed by atoms with Gasteiger partial charge in [-0.05, 0) is 76.8 Å². The molecule has 44 heavy (non-hydrogen) atoms. The Morgan fingerprint density at radius 1 is 0.909 bits per heavy atom. The molecule has 8 nitrogen and oxygen atoms in total. The standard InChI is InChI=1S/C35H42N2O6S/c1-35(2,3)30-18-14-28(15-19-30)32(24-25-10-12-29(13-11-25)33(38)36-22-23-44(40,41)42)34(39)37(43-4)31-20-16-27(17-21-31)26-8-6-5-7-9-26/h10-21,24,26H,5-9,22-23H2,1-4H3,(H,36,38)(H,40,41,42)/b32-24-. The summed E-state index contributed by atoms with van der Waals surface area (Å²) in [5, 5.41) is 3.77. The molecule has 3 aromatic rings. The molecular weight excluding hydrogens is 576 g/mol. The van der Waals surface area contributed by atoms with Crippen LogP contribution in [0.3, 0.4) is 0 Å². The van der Waals surface area contributed by atoms with Crippen molar-refractivity contribution in [3.8, 4) is 0 Å². The molecule has 0 heterocycles. The van der Waals surface area contributed by atoms with Crippen LogP contribution in [0.4, 0.5) is 5.69 Å². The van der Waals surface area contributed by atoms with Crippen LogP contribution in [-0.4, -0.2) is 44.2 Å². The summed E-state index contributed by atoms with van der Waals surface area (Å²) < 4.78 is 30.8. The number of amides is 2. The van der Waals surface area contributed by atoms with Gasteiger partial charge in [0, 0.05) is 17.7 Å². The molecule has 0 aliphatic heterocycles. The molecule has 2 amide bonds. The Hall–Kier alpha value is -3.79. The summed E-state index contributed by atoms with van der Waals surface area (Å²) in [6, 6.07) is 22.6. The number of carbonyl (C=O) groups is 2. The number of anilines is 1. The highest BCUT2D eigenvalue weighted by molar-refractivity contribution is 7.85. The Kier molecular flexibility index (Phi) is 10.8. The maximum atomic E-state index is 14.1. The Balaban J connectivity index is 1.63. The van der Waals surface area contributed by atoms with E-state index in [1.54, 1.807) is 30.3 Å². The second-order valence-electron chi connectivity index (χ2n) is 12.3. The average Bonchev–Trinajstić information content (AvgIpc) is 3.00. The van der Waals surface area contributed by atoms with Gasteiger partial charge in [-0.15, -0.1) is 0 Å². The van der Waals surface area contributed by atoms with Crippen molar-refractivity contribution in [3.63, 3.8) is 0 Å².